The van der Waals surface area contributed by atoms with E-state index in [1.807, 2.05) is 13.8 Å². The van der Waals surface area contributed by atoms with Crippen LogP contribution >= 0.6 is 0 Å². The molecule has 6 aromatic carbocycles. The van der Waals surface area contributed by atoms with Crippen molar-refractivity contribution in [3.8, 4) is 44.9 Å². The van der Waals surface area contributed by atoms with E-state index in [1.54, 1.807) is 19.1 Å². The van der Waals surface area contributed by atoms with Crippen molar-refractivity contribution in [3.63, 3.8) is 0 Å². The van der Waals surface area contributed by atoms with Crippen LogP contribution in [0.1, 0.15) is 30.5 Å². The zero-order chi connectivity index (χ0) is 41.3. The van der Waals surface area contributed by atoms with E-state index in [-0.39, 0.29) is 17.7 Å². The first kappa shape index (κ1) is 41.2. The molecule has 0 aromatic heterocycles. The maximum atomic E-state index is 15.1. The van der Waals surface area contributed by atoms with E-state index in [9.17, 15) is 26.3 Å². The van der Waals surface area contributed by atoms with Crippen molar-refractivity contribution in [2.75, 3.05) is 0 Å². The lowest BCUT2D eigenvalue weighted by Gasteiger charge is -2.21. The Hall–Kier alpha value is -5.99. The summed E-state index contributed by atoms with van der Waals surface area (Å²) in [4.78, 5) is 0. The number of rotatable bonds is 9. The van der Waals surface area contributed by atoms with Crippen molar-refractivity contribution in [2.45, 2.75) is 33.0 Å². The van der Waals surface area contributed by atoms with E-state index in [2.05, 4.69) is 9.47 Å². The van der Waals surface area contributed by atoms with Gasteiger partial charge >= 0.3 is 12.2 Å². The normalized spacial score (nSPS) is 11.6. The van der Waals surface area contributed by atoms with Gasteiger partial charge in [0.05, 0.1) is 0 Å². The minimum atomic E-state index is -4.85. The Bertz CT molecular complexity index is 2340. The lowest BCUT2D eigenvalue weighted by atomic mass is 10.0. The maximum absolute atomic E-state index is 15.1. The van der Waals surface area contributed by atoms with Crippen molar-refractivity contribution in [3.05, 3.63) is 166 Å². The highest BCUT2D eigenvalue weighted by Gasteiger charge is 2.43. The molecule has 0 saturated heterocycles. The zero-order valence-corrected chi connectivity index (χ0v) is 29.0. The molecule has 0 aliphatic rings. The average Bonchev–Trinajstić information content (AvgIpc) is 3.10. The molecule has 0 atom stereocenters. The molecule has 0 unspecified atom stereocenters. The Morgan fingerprint density at radius 2 is 0.714 bits per heavy atom. The summed E-state index contributed by atoms with van der Waals surface area (Å²) >= 11 is 0. The van der Waals surface area contributed by atoms with Crippen molar-refractivity contribution in [1.29, 1.82) is 0 Å². The minimum absolute atomic E-state index is 0.0570. The molecule has 0 heterocycles. The molecule has 0 radical (unpaired) electrons. The van der Waals surface area contributed by atoms with Crippen LogP contribution in [0.4, 0.5) is 57.1 Å². The van der Waals surface area contributed by atoms with Crippen LogP contribution in [-0.4, -0.2) is 0 Å². The molecular weight excluding hydrogens is 771 g/mol. The number of halogens is 13. The Balaban J connectivity index is 0.00000295. The smallest absolute Gasteiger partial charge is 0.429 e. The van der Waals surface area contributed by atoms with Gasteiger partial charge in [0.2, 0.25) is 0 Å². The number of hydrogen-bond acceptors (Lipinski definition) is 2. The Morgan fingerprint density at radius 3 is 1.07 bits per heavy atom. The number of aryl methyl sites for hydroxylation is 1. The predicted octanol–water partition coefficient (Wildman–Crippen LogP) is 13.5. The maximum Gasteiger partial charge on any atom is 0.432 e. The zero-order valence-electron chi connectivity index (χ0n) is 29.0. The summed E-state index contributed by atoms with van der Waals surface area (Å²) in [7, 11) is 0. The van der Waals surface area contributed by atoms with Gasteiger partial charge in [0, 0.05) is 23.3 Å². The number of ether oxygens (including phenoxy) is 2. The molecule has 0 amide bonds. The first-order chi connectivity index (χ1) is 26.3. The number of alkyl halides is 4. The predicted molar refractivity (Wildman–Crippen MR) is 180 cm³/mol. The molecule has 0 N–H and O–H groups in total. The number of hydrogen-bond donors (Lipinski definition) is 0. The first-order valence-corrected chi connectivity index (χ1v) is 16.3. The summed E-state index contributed by atoms with van der Waals surface area (Å²) in [5.41, 5.74) is -5.19. The van der Waals surface area contributed by atoms with Gasteiger partial charge in [0.1, 0.15) is 57.5 Å². The van der Waals surface area contributed by atoms with Crippen molar-refractivity contribution < 1.29 is 66.5 Å². The van der Waals surface area contributed by atoms with E-state index in [1.165, 1.54) is 12.1 Å². The number of benzene rings is 6. The van der Waals surface area contributed by atoms with E-state index in [0.29, 0.717) is 60.2 Å². The van der Waals surface area contributed by atoms with Crippen LogP contribution < -0.4 is 9.47 Å². The molecule has 0 spiro atoms. The monoisotopic (exact) mass is 796 g/mol. The summed E-state index contributed by atoms with van der Waals surface area (Å²) in [6.07, 6.45) is -9.54. The fraction of sp³-hybridized carbons (Fsp3) is 0.122. The molecule has 6 rings (SSSR count). The fourth-order valence-corrected chi connectivity index (χ4v) is 5.47. The SMILES string of the molecule is CC.Cc1ccc(-c2cc(F)c(C(F)(F)Oc3ccc(-c4cc(F)c(C(F)(F)Oc5ccc(-c6cc(F)c(F)c(F)c6)c(F)c5)c(F)c4)c(F)c3)c(F)c2)cc1. The first-order valence-electron chi connectivity index (χ1n) is 16.3. The van der Waals surface area contributed by atoms with Gasteiger partial charge in [0.25, 0.3) is 0 Å². The van der Waals surface area contributed by atoms with Crippen LogP contribution in [0.25, 0.3) is 33.4 Å². The average molecular weight is 797 g/mol. The molecule has 56 heavy (non-hydrogen) atoms. The molecule has 0 aliphatic heterocycles. The van der Waals surface area contributed by atoms with Gasteiger partial charge in [-0.1, -0.05) is 43.7 Å². The van der Waals surface area contributed by atoms with Crippen LogP contribution in [0.5, 0.6) is 11.5 Å². The third-order valence-electron chi connectivity index (χ3n) is 8.03. The second-order valence-corrected chi connectivity index (χ2v) is 11.8. The van der Waals surface area contributed by atoms with E-state index >= 15 is 30.7 Å². The topological polar surface area (TPSA) is 18.5 Å². The highest BCUT2D eigenvalue weighted by Crippen LogP contribution is 2.41. The molecule has 0 fully saturated rings. The fourth-order valence-electron chi connectivity index (χ4n) is 5.47. The summed E-state index contributed by atoms with van der Waals surface area (Å²) < 4.78 is 199. The van der Waals surface area contributed by atoms with Crippen LogP contribution in [0.15, 0.2) is 97.1 Å². The van der Waals surface area contributed by atoms with Gasteiger partial charge in [-0.05, 0) is 89.8 Å². The highest BCUT2D eigenvalue weighted by molar-refractivity contribution is 5.67. The van der Waals surface area contributed by atoms with Gasteiger partial charge in [-0.2, -0.15) is 17.6 Å². The van der Waals surface area contributed by atoms with Gasteiger partial charge in [-0.25, -0.2) is 39.5 Å². The van der Waals surface area contributed by atoms with Gasteiger partial charge in [-0.15, -0.1) is 0 Å². The van der Waals surface area contributed by atoms with E-state index < -0.39 is 109 Å². The Kier molecular flexibility index (Phi) is 11.8. The second-order valence-electron chi connectivity index (χ2n) is 11.8. The van der Waals surface area contributed by atoms with Gasteiger partial charge in [-0.3, -0.25) is 0 Å². The minimum Gasteiger partial charge on any atom is -0.429 e. The third kappa shape index (κ3) is 8.46. The largest absolute Gasteiger partial charge is 0.432 e. The quantitative estimate of drug-likeness (QED) is 0.107. The lowest BCUT2D eigenvalue weighted by molar-refractivity contribution is -0.190. The summed E-state index contributed by atoms with van der Waals surface area (Å²) in [5.74, 6) is -17.4. The standard InChI is InChI=1S/C39H19F13O2.C2H6/c1-18-2-4-19(5-3-18)20-10-29(42)35(30(43)11-20)38(49,50)53-23-6-8-25(27(40)16-23)21-12-31(44)36(32(45)13-21)39(51,52)54-24-7-9-26(28(41)17-24)22-14-33(46)37(48)34(47)15-22;1-2/h2-17H,1H3;1-2H3. The Morgan fingerprint density at radius 1 is 0.375 bits per heavy atom. The second kappa shape index (κ2) is 16.0. The lowest BCUT2D eigenvalue weighted by Crippen LogP contribution is -2.25. The summed E-state index contributed by atoms with van der Waals surface area (Å²) in [6.45, 7) is 5.76. The van der Waals surface area contributed by atoms with Crippen LogP contribution in [-0.2, 0) is 12.2 Å². The van der Waals surface area contributed by atoms with Crippen molar-refractivity contribution in [2.24, 2.45) is 0 Å². The molecule has 6 aromatic rings. The molecule has 0 bridgehead atoms. The molecule has 2 nitrogen and oxygen atoms in total. The summed E-state index contributed by atoms with van der Waals surface area (Å²) in [5, 5.41) is 0. The van der Waals surface area contributed by atoms with E-state index in [0.717, 1.165) is 11.6 Å². The van der Waals surface area contributed by atoms with Crippen molar-refractivity contribution in [1.82, 2.24) is 0 Å². The Labute approximate surface area is 310 Å². The summed E-state index contributed by atoms with van der Waals surface area (Å²) in [6, 6.07) is 12.3. The highest BCUT2D eigenvalue weighted by atomic mass is 19.3. The van der Waals surface area contributed by atoms with Crippen molar-refractivity contribution >= 4 is 0 Å². The van der Waals surface area contributed by atoms with Crippen LogP contribution in [0.2, 0.25) is 0 Å². The molecule has 292 valence electrons. The van der Waals surface area contributed by atoms with Gasteiger partial charge in [0.15, 0.2) is 17.5 Å². The third-order valence-corrected chi connectivity index (χ3v) is 8.03. The molecule has 0 saturated carbocycles. The molecule has 15 heteroatoms. The molecule has 0 aliphatic carbocycles. The molecular formula is C41H25F13O2. The van der Waals surface area contributed by atoms with Gasteiger partial charge < -0.3 is 9.47 Å². The van der Waals surface area contributed by atoms with Crippen LogP contribution in [0, 0.1) is 59.3 Å². The van der Waals surface area contributed by atoms with E-state index in [4.69, 9.17) is 0 Å². The van der Waals surface area contributed by atoms with Crippen LogP contribution in [0.3, 0.4) is 0 Å².